The maximum atomic E-state index is 13.0. The van der Waals surface area contributed by atoms with Crippen molar-refractivity contribution in [1.82, 2.24) is 9.13 Å². The number of benzene rings is 2. The van der Waals surface area contributed by atoms with Crippen molar-refractivity contribution in [2.45, 2.75) is 19.6 Å². The molecule has 160 valence electrons. The number of fused-ring (bicyclic) bond motifs is 2. The molecular weight excluding hydrogens is 410 g/mol. The van der Waals surface area contributed by atoms with E-state index in [2.05, 4.69) is 4.99 Å². The second-order valence-corrected chi connectivity index (χ2v) is 7.62. The van der Waals surface area contributed by atoms with Gasteiger partial charge in [0, 0.05) is 18.9 Å². The summed E-state index contributed by atoms with van der Waals surface area (Å²) < 4.78 is 13.2. The Labute approximate surface area is 182 Å². The van der Waals surface area contributed by atoms with E-state index in [1.807, 2.05) is 48.5 Å². The third-order valence-electron chi connectivity index (χ3n) is 5.50. The van der Waals surface area contributed by atoms with Crippen molar-refractivity contribution in [3.05, 3.63) is 98.4 Å². The number of aromatic nitrogens is 2. The normalized spacial score (nSPS) is 12.6. The van der Waals surface area contributed by atoms with E-state index in [0.29, 0.717) is 11.1 Å². The maximum absolute atomic E-state index is 13.0. The van der Waals surface area contributed by atoms with Crippen LogP contribution in [0.15, 0.2) is 79.9 Å². The first kappa shape index (κ1) is 19.7. The number of esters is 1. The van der Waals surface area contributed by atoms with Crippen LogP contribution in [0.1, 0.15) is 16.7 Å². The van der Waals surface area contributed by atoms with Crippen LogP contribution in [-0.2, 0) is 36.2 Å². The van der Waals surface area contributed by atoms with Gasteiger partial charge in [-0.15, -0.1) is 0 Å². The molecule has 3 heterocycles. The minimum atomic E-state index is -0.623. The standard InChI is InChI=1S/C24H19N3O5/c1-26-21-18(22(28)27(24(26)30)13-15-5-3-2-4-6-15)12-19(25-21)23(29)32-14-16-7-8-17-9-10-31-20(17)11-16/h2-11H,12-14H2,1H3. The molecule has 8 nitrogen and oxygen atoms in total. The van der Waals surface area contributed by atoms with E-state index in [4.69, 9.17) is 9.15 Å². The molecule has 8 heteroatoms. The fourth-order valence-corrected chi connectivity index (χ4v) is 3.80. The Kier molecular flexibility index (Phi) is 4.82. The van der Waals surface area contributed by atoms with Gasteiger partial charge >= 0.3 is 11.7 Å². The molecule has 0 N–H and O–H groups in total. The molecule has 5 rings (SSSR count). The molecule has 4 aromatic rings. The number of hydrogen-bond acceptors (Lipinski definition) is 6. The molecule has 0 unspecified atom stereocenters. The highest BCUT2D eigenvalue weighted by Crippen LogP contribution is 2.23. The van der Waals surface area contributed by atoms with Gasteiger partial charge in [0.15, 0.2) is 0 Å². The van der Waals surface area contributed by atoms with E-state index >= 15 is 0 Å². The van der Waals surface area contributed by atoms with Crippen LogP contribution >= 0.6 is 0 Å². The molecule has 2 aromatic heterocycles. The Morgan fingerprint density at radius 3 is 2.72 bits per heavy atom. The van der Waals surface area contributed by atoms with E-state index < -0.39 is 17.2 Å². The van der Waals surface area contributed by atoms with Gasteiger partial charge in [-0.05, 0) is 23.3 Å². The minimum Gasteiger partial charge on any atom is -0.464 e. The van der Waals surface area contributed by atoms with Gasteiger partial charge in [0.2, 0.25) is 0 Å². The highest BCUT2D eigenvalue weighted by Gasteiger charge is 2.28. The summed E-state index contributed by atoms with van der Waals surface area (Å²) in [5.41, 5.74) is 1.80. The lowest BCUT2D eigenvalue weighted by atomic mass is 10.1. The molecule has 1 aliphatic heterocycles. The van der Waals surface area contributed by atoms with Crippen LogP contribution in [0.5, 0.6) is 0 Å². The van der Waals surface area contributed by atoms with Gasteiger partial charge in [-0.25, -0.2) is 14.6 Å². The topological polar surface area (TPSA) is 95.8 Å². The number of furan rings is 1. The first-order chi connectivity index (χ1) is 15.5. The van der Waals surface area contributed by atoms with Crippen molar-refractivity contribution in [2.75, 3.05) is 0 Å². The molecular formula is C24H19N3O5. The van der Waals surface area contributed by atoms with Gasteiger partial charge in [0.25, 0.3) is 5.56 Å². The minimum absolute atomic E-state index is 0.0210. The van der Waals surface area contributed by atoms with Crippen LogP contribution in [-0.4, -0.2) is 20.8 Å². The maximum Gasteiger partial charge on any atom is 0.353 e. The third-order valence-corrected chi connectivity index (χ3v) is 5.50. The molecule has 0 radical (unpaired) electrons. The summed E-state index contributed by atoms with van der Waals surface area (Å²) in [4.78, 5) is 42.6. The number of aliphatic imine (C=N–C) groups is 1. The zero-order chi connectivity index (χ0) is 22.2. The van der Waals surface area contributed by atoms with Crippen LogP contribution in [0.3, 0.4) is 0 Å². The summed E-state index contributed by atoms with van der Waals surface area (Å²) in [5, 5.41) is 0.961. The van der Waals surface area contributed by atoms with Gasteiger partial charge in [-0.1, -0.05) is 42.5 Å². The Balaban J connectivity index is 1.36. The Morgan fingerprint density at radius 1 is 1.09 bits per heavy atom. The lowest BCUT2D eigenvalue weighted by Crippen LogP contribution is -2.40. The van der Waals surface area contributed by atoms with Gasteiger partial charge < -0.3 is 9.15 Å². The molecule has 0 fully saturated rings. The van der Waals surface area contributed by atoms with Crippen molar-refractivity contribution < 1.29 is 13.9 Å². The van der Waals surface area contributed by atoms with Gasteiger partial charge in [0.05, 0.1) is 18.4 Å². The lowest BCUT2D eigenvalue weighted by molar-refractivity contribution is -0.136. The number of carbonyl (C=O) groups excluding carboxylic acids is 1. The molecule has 2 aromatic carbocycles. The lowest BCUT2D eigenvalue weighted by Gasteiger charge is -2.10. The predicted molar refractivity (Wildman–Crippen MR) is 118 cm³/mol. The number of hydrogen-bond donors (Lipinski definition) is 0. The summed E-state index contributed by atoms with van der Waals surface area (Å²) in [6.07, 6.45) is 1.62. The number of nitrogens with zero attached hydrogens (tertiary/aromatic N) is 3. The van der Waals surface area contributed by atoms with Crippen molar-refractivity contribution in [1.29, 1.82) is 0 Å². The van der Waals surface area contributed by atoms with Gasteiger partial charge in [-0.2, -0.15) is 0 Å². The van der Waals surface area contributed by atoms with Crippen LogP contribution in [0, 0.1) is 0 Å². The van der Waals surface area contributed by atoms with E-state index in [0.717, 1.165) is 21.1 Å². The number of carbonyl (C=O) groups is 1. The highest BCUT2D eigenvalue weighted by atomic mass is 16.5. The Morgan fingerprint density at radius 2 is 1.91 bits per heavy atom. The Hall–Kier alpha value is -4.20. The van der Waals surface area contributed by atoms with Crippen LogP contribution in [0.25, 0.3) is 11.0 Å². The average molecular weight is 429 g/mol. The molecule has 0 saturated heterocycles. The van der Waals surface area contributed by atoms with Gasteiger partial charge in [0.1, 0.15) is 23.7 Å². The quantitative estimate of drug-likeness (QED) is 0.455. The zero-order valence-corrected chi connectivity index (χ0v) is 17.3. The fourth-order valence-electron chi connectivity index (χ4n) is 3.80. The summed E-state index contributed by atoms with van der Waals surface area (Å²) in [5.74, 6) is -0.421. The number of ether oxygens (including phenoxy) is 1. The molecule has 0 saturated carbocycles. The molecule has 0 amide bonds. The molecule has 0 atom stereocenters. The first-order valence-corrected chi connectivity index (χ1v) is 10.1. The summed E-state index contributed by atoms with van der Waals surface area (Å²) in [6.45, 7) is 0.191. The van der Waals surface area contributed by atoms with Crippen LogP contribution in [0.4, 0.5) is 5.82 Å². The largest absolute Gasteiger partial charge is 0.464 e. The number of rotatable bonds is 5. The predicted octanol–water partition coefficient (Wildman–Crippen LogP) is 2.71. The van der Waals surface area contributed by atoms with E-state index in [-0.39, 0.29) is 31.1 Å². The molecule has 0 bridgehead atoms. The summed E-state index contributed by atoms with van der Waals surface area (Å²) in [6, 6.07) is 16.6. The van der Waals surface area contributed by atoms with Crippen LogP contribution in [0.2, 0.25) is 0 Å². The Bertz CT molecular complexity index is 1490. The summed E-state index contributed by atoms with van der Waals surface area (Å²) >= 11 is 0. The molecule has 0 spiro atoms. The van der Waals surface area contributed by atoms with E-state index in [1.165, 1.54) is 4.57 Å². The second-order valence-electron chi connectivity index (χ2n) is 7.62. The van der Waals surface area contributed by atoms with Gasteiger partial charge in [-0.3, -0.25) is 13.9 Å². The third kappa shape index (κ3) is 3.45. The van der Waals surface area contributed by atoms with Crippen molar-refractivity contribution in [3.8, 4) is 0 Å². The highest BCUT2D eigenvalue weighted by molar-refractivity contribution is 6.38. The van der Waals surface area contributed by atoms with E-state index in [1.54, 1.807) is 19.4 Å². The van der Waals surface area contributed by atoms with Crippen LogP contribution < -0.4 is 11.2 Å². The smallest absolute Gasteiger partial charge is 0.353 e. The van der Waals surface area contributed by atoms with E-state index in [9.17, 15) is 14.4 Å². The van der Waals surface area contributed by atoms with Crippen molar-refractivity contribution >= 4 is 28.5 Å². The average Bonchev–Trinajstić information content (AvgIpc) is 3.47. The molecule has 0 aliphatic carbocycles. The van der Waals surface area contributed by atoms with Crippen molar-refractivity contribution in [3.63, 3.8) is 0 Å². The molecule has 1 aliphatic rings. The summed E-state index contributed by atoms with van der Waals surface area (Å²) in [7, 11) is 1.54. The fraction of sp³-hybridized carbons (Fsp3) is 0.167. The zero-order valence-electron chi connectivity index (χ0n) is 17.3. The van der Waals surface area contributed by atoms with Crippen molar-refractivity contribution in [2.24, 2.45) is 12.0 Å². The second kappa shape index (κ2) is 7.81. The SMILES string of the molecule is Cn1c2c(c(=O)n(Cc3ccccc3)c1=O)CC(C(=O)OCc1ccc3ccoc3c1)=N2. The monoisotopic (exact) mass is 429 g/mol. The molecule has 32 heavy (non-hydrogen) atoms. The first-order valence-electron chi connectivity index (χ1n) is 10.1.